The molecule has 1 N–H and O–H groups in total. The van der Waals surface area contributed by atoms with Gasteiger partial charge in [-0.2, -0.15) is 0 Å². The number of ether oxygens (including phenoxy) is 1. The Morgan fingerprint density at radius 1 is 1.16 bits per heavy atom. The van der Waals surface area contributed by atoms with E-state index >= 15 is 0 Å². The van der Waals surface area contributed by atoms with Crippen LogP contribution in [-0.2, 0) is 17.8 Å². The molecule has 1 aromatic rings. The highest BCUT2D eigenvalue weighted by Gasteiger charge is 2.20. The van der Waals surface area contributed by atoms with Crippen LogP contribution < -0.4 is 10.1 Å². The highest BCUT2D eigenvalue weighted by Crippen LogP contribution is 2.26. The first-order valence-corrected chi connectivity index (χ1v) is 9.66. The topological polar surface area (TPSA) is 44.8 Å². The van der Waals surface area contributed by atoms with Crippen molar-refractivity contribution in [2.45, 2.75) is 45.7 Å². The van der Waals surface area contributed by atoms with Gasteiger partial charge in [0.1, 0.15) is 5.75 Å². The number of hydrogen-bond acceptors (Lipinski definition) is 4. The molecule has 1 amide bonds. The van der Waals surface area contributed by atoms with Gasteiger partial charge in [-0.1, -0.05) is 26.0 Å². The van der Waals surface area contributed by atoms with E-state index in [4.69, 9.17) is 4.74 Å². The molecular formula is C20H31N3O2. The lowest BCUT2D eigenvalue weighted by atomic mass is 10.1. The minimum Gasteiger partial charge on any atom is -0.493 e. The summed E-state index contributed by atoms with van der Waals surface area (Å²) in [6.07, 6.45) is 3.03. The number of rotatable bonds is 7. The molecule has 0 atom stereocenters. The summed E-state index contributed by atoms with van der Waals surface area (Å²) >= 11 is 0. The standard InChI is InChI=1S/C20H31N3O2/c1-3-18(4-2)21-20(24)15-23-10-8-22(9-11-23)14-16-5-6-19-17(13-16)7-12-25-19/h5-6,13,18H,3-4,7-12,14-15H2,1-2H3,(H,21,24). The maximum absolute atomic E-state index is 12.1. The first-order chi connectivity index (χ1) is 12.2. The Bertz CT molecular complexity index is 578. The fourth-order valence-corrected chi connectivity index (χ4v) is 3.67. The Morgan fingerprint density at radius 2 is 1.88 bits per heavy atom. The number of nitrogens with one attached hydrogen (secondary N) is 1. The summed E-state index contributed by atoms with van der Waals surface area (Å²) in [7, 11) is 0. The molecule has 2 aliphatic rings. The molecule has 2 aliphatic heterocycles. The summed E-state index contributed by atoms with van der Waals surface area (Å²) in [6, 6.07) is 6.89. The third-order valence-electron chi connectivity index (χ3n) is 5.34. The van der Waals surface area contributed by atoms with Crippen molar-refractivity contribution in [2.24, 2.45) is 0 Å². The van der Waals surface area contributed by atoms with Gasteiger partial charge < -0.3 is 10.1 Å². The zero-order valence-corrected chi connectivity index (χ0v) is 15.6. The number of carbonyl (C=O) groups is 1. The van der Waals surface area contributed by atoms with Crippen LogP contribution in [0.2, 0.25) is 0 Å². The van der Waals surface area contributed by atoms with Crippen molar-refractivity contribution >= 4 is 5.91 Å². The highest BCUT2D eigenvalue weighted by molar-refractivity contribution is 5.78. The van der Waals surface area contributed by atoms with Crippen LogP contribution in [0.3, 0.4) is 0 Å². The Hall–Kier alpha value is -1.59. The maximum Gasteiger partial charge on any atom is 0.234 e. The number of carbonyl (C=O) groups excluding carboxylic acids is 1. The highest BCUT2D eigenvalue weighted by atomic mass is 16.5. The predicted molar refractivity (Wildman–Crippen MR) is 99.9 cm³/mol. The van der Waals surface area contributed by atoms with Gasteiger partial charge in [0.05, 0.1) is 13.2 Å². The van der Waals surface area contributed by atoms with Crippen molar-refractivity contribution in [3.8, 4) is 5.75 Å². The van der Waals surface area contributed by atoms with Crippen molar-refractivity contribution in [3.63, 3.8) is 0 Å². The van der Waals surface area contributed by atoms with E-state index in [-0.39, 0.29) is 5.91 Å². The molecule has 0 radical (unpaired) electrons. The van der Waals surface area contributed by atoms with Crippen molar-refractivity contribution < 1.29 is 9.53 Å². The van der Waals surface area contributed by atoms with Crippen LogP contribution in [0.15, 0.2) is 18.2 Å². The van der Waals surface area contributed by atoms with Crippen LogP contribution in [0.25, 0.3) is 0 Å². The van der Waals surface area contributed by atoms with Gasteiger partial charge in [-0.05, 0) is 30.0 Å². The van der Waals surface area contributed by atoms with Gasteiger partial charge in [0, 0.05) is 45.2 Å². The van der Waals surface area contributed by atoms with Crippen LogP contribution >= 0.6 is 0 Å². The van der Waals surface area contributed by atoms with E-state index < -0.39 is 0 Å². The van der Waals surface area contributed by atoms with Gasteiger partial charge in [0.2, 0.25) is 5.91 Å². The zero-order valence-electron chi connectivity index (χ0n) is 15.6. The lowest BCUT2D eigenvalue weighted by molar-refractivity contribution is -0.123. The molecule has 1 fully saturated rings. The van der Waals surface area contributed by atoms with Crippen LogP contribution in [0, 0.1) is 0 Å². The zero-order chi connectivity index (χ0) is 17.6. The van der Waals surface area contributed by atoms with Crippen LogP contribution in [0.4, 0.5) is 0 Å². The summed E-state index contributed by atoms with van der Waals surface area (Å²) < 4.78 is 5.58. The molecule has 0 unspecified atom stereocenters. The Labute approximate surface area is 151 Å². The van der Waals surface area contributed by atoms with Crippen LogP contribution in [-0.4, -0.2) is 61.1 Å². The molecule has 1 aromatic carbocycles. The fraction of sp³-hybridized carbons (Fsp3) is 0.650. The lowest BCUT2D eigenvalue weighted by Gasteiger charge is -2.34. The fourth-order valence-electron chi connectivity index (χ4n) is 3.67. The molecule has 5 nitrogen and oxygen atoms in total. The summed E-state index contributed by atoms with van der Waals surface area (Å²) in [6.45, 7) is 10.5. The second kappa shape index (κ2) is 8.68. The summed E-state index contributed by atoms with van der Waals surface area (Å²) in [5, 5.41) is 3.13. The largest absolute Gasteiger partial charge is 0.493 e. The molecule has 1 saturated heterocycles. The second-order valence-electron chi connectivity index (χ2n) is 7.17. The number of nitrogens with zero attached hydrogens (tertiary/aromatic N) is 2. The van der Waals surface area contributed by atoms with Crippen molar-refractivity contribution in [2.75, 3.05) is 39.3 Å². The lowest BCUT2D eigenvalue weighted by Crippen LogP contribution is -2.50. The molecular weight excluding hydrogens is 314 g/mol. The van der Waals surface area contributed by atoms with E-state index in [0.29, 0.717) is 12.6 Å². The number of fused-ring (bicyclic) bond motifs is 1. The van der Waals surface area contributed by atoms with E-state index in [2.05, 4.69) is 47.2 Å². The average Bonchev–Trinajstić information content (AvgIpc) is 3.09. The van der Waals surface area contributed by atoms with Gasteiger partial charge in [0.15, 0.2) is 0 Å². The minimum absolute atomic E-state index is 0.167. The molecule has 138 valence electrons. The number of benzene rings is 1. The van der Waals surface area contributed by atoms with E-state index in [1.54, 1.807) is 0 Å². The number of piperazine rings is 1. The SMILES string of the molecule is CCC(CC)NC(=O)CN1CCN(Cc2ccc3c(c2)CCO3)CC1. The molecule has 5 heteroatoms. The van der Waals surface area contributed by atoms with Gasteiger partial charge >= 0.3 is 0 Å². The third kappa shape index (κ3) is 4.95. The number of amides is 1. The smallest absolute Gasteiger partial charge is 0.234 e. The van der Waals surface area contributed by atoms with Gasteiger partial charge in [0.25, 0.3) is 0 Å². The second-order valence-corrected chi connectivity index (χ2v) is 7.17. The van der Waals surface area contributed by atoms with Crippen LogP contribution in [0.5, 0.6) is 5.75 Å². The number of hydrogen-bond donors (Lipinski definition) is 1. The molecule has 2 heterocycles. The van der Waals surface area contributed by atoms with E-state index in [0.717, 1.165) is 64.3 Å². The van der Waals surface area contributed by atoms with E-state index in [1.165, 1.54) is 11.1 Å². The van der Waals surface area contributed by atoms with E-state index in [1.807, 2.05) is 0 Å². The molecule has 0 aromatic heterocycles. The molecule has 25 heavy (non-hydrogen) atoms. The van der Waals surface area contributed by atoms with Gasteiger partial charge in [-0.15, -0.1) is 0 Å². The van der Waals surface area contributed by atoms with Crippen molar-refractivity contribution in [1.29, 1.82) is 0 Å². The minimum atomic E-state index is 0.167. The predicted octanol–water partition coefficient (Wildman–Crippen LogP) is 2.04. The summed E-state index contributed by atoms with van der Waals surface area (Å²) in [5.41, 5.74) is 2.71. The molecule has 0 spiro atoms. The van der Waals surface area contributed by atoms with Crippen LogP contribution in [0.1, 0.15) is 37.8 Å². The molecule has 0 bridgehead atoms. The van der Waals surface area contributed by atoms with Gasteiger partial charge in [-0.25, -0.2) is 0 Å². The van der Waals surface area contributed by atoms with E-state index in [9.17, 15) is 4.79 Å². The van der Waals surface area contributed by atoms with Gasteiger partial charge in [-0.3, -0.25) is 14.6 Å². The maximum atomic E-state index is 12.1. The quantitative estimate of drug-likeness (QED) is 0.821. The first kappa shape index (κ1) is 18.2. The first-order valence-electron chi connectivity index (χ1n) is 9.66. The average molecular weight is 345 g/mol. The molecule has 0 aliphatic carbocycles. The molecule has 3 rings (SSSR count). The third-order valence-corrected chi connectivity index (χ3v) is 5.34. The Kier molecular flexibility index (Phi) is 6.32. The van der Waals surface area contributed by atoms with Crippen molar-refractivity contribution in [3.05, 3.63) is 29.3 Å². The summed E-state index contributed by atoms with van der Waals surface area (Å²) in [5.74, 6) is 1.22. The molecule has 0 saturated carbocycles. The Balaban J connectivity index is 1.42. The normalized spacial score (nSPS) is 18.2. The van der Waals surface area contributed by atoms with Crippen molar-refractivity contribution in [1.82, 2.24) is 15.1 Å². The summed E-state index contributed by atoms with van der Waals surface area (Å²) in [4.78, 5) is 16.9. The monoisotopic (exact) mass is 345 g/mol. The Morgan fingerprint density at radius 3 is 2.60 bits per heavy atom.